The van der Waals surface area contributed by atoms with Crippen LogP contribution in [0.5, 0.6) is 0 Å². The monoisotopic (exact) mass is 225 g/mol. The van der Waals surface area contributed by atoms with E-state index in [2.05, 4.69) is 15.2 Å². The summed E-state index contributed by atoms with van der Waals surface area (Å²) in [7, 11) is 0. The number of rotatable bonds is 2. The van der Waals surface area contributed by atoms with E-state index in [1.165, 1.54) is 28.2 Å². The Hall–Kier alpha value is -1.96. The molecular formula is C7H7N5O2S. The molecule has 2 aromatic heterocycles. The van der Waals surface area contributed by atoms with Crippen LogP contribution >= 0.6 is 11.3 Å². The largest absolute Gasteiger partial charge is 0.374 e. The highest BCUT2D eigenvalue weighted by atomic mass is 32.1. The normalized spacial score (nSPS) is 10.4. The summed E-state index contributed by atoms with van der Waals surface area (Å²) in [5.74, 6) is 0. The van der Waals surface area contributed by atoms with Crippen LogP contribution in [0, 0.1) is 0 Å². The van der Waals surface area contributed by atoms with Crippen molar-refractivity contribution in [3.05, 3.63) is 38.1 Å². The Morgan fingerprint density at radius 3 is 2.87 bits per heavy atom. The van der Waals surface area contributed by atoms with Gasteiger partial charge in [-0.05, 0) is 0 Å². The number of H-pyrrole nitrogens is 1. The van der Waals surface area contributed by atoms with Crippen LogP contribution in [-0.2, 0) is 6.54 Å². The first kappa shape index (κ1) is 9.59. The van der Waals surface area contributed by atoms with Crippen LogP contribution in [0.1, 0.15) is 5.01 Å². The van der Waals surface area contributed by atoms with Crippen molar-refractivity contribution in [2.45, 2.75) is 6.54 Å². The van der Waals surface area contributed by atoms with E-state index in [4.69, 9.17) is 5.73 Å². The van der Waals surface area contributed by atoms with Crippen molar-refractivity contribution in [1.29, 1.82) is 0 Å². The molecule has 0 unspecified atom stereocenters. The van der Waals surface area contributed by atoms with Crippen LogP contribution < -0.4 is 17.0 Å². The van der Waals surface area contributed by atoms with Gasteiger partial charge in [0.2, 0.25) is 5.13 Å². The number of nitrogens with one attached hydrogen (secondary N) is 1. The summed E-state index contributed by atoms with van der Waals surface area (Å²) in [5, 5.41) is 8.35. The van der Waals surface area contributed by atoms with Gasteiger partial charge in [0, 0.05) is 12.3 Å². The number of aromatic nitrogens is 4. The predicted octanol–water partition coefficient (Wildman–Crippen LogP) is -0.981. The van der Waals surface area contributed by atoms with Gasteiger partial charge in [-0.1, -0.05) is 11.3 Å². The molecule has 0 saturated carbocycles. The van der Waals surface area contributed by atoms with Crippen molar-refractivity contribution in [3.63, 3.8) is 0 Å². The van der Waals surface area contributed by atoms with E-state index in [-0.39, 0.29) is 6.54 Å². The van der Waals surface area contributed by atoms with E-state index >= 15 is 0 Å². The molecule has 15 heavy (non-hydrogen) atoms. The van der Waals surface area contributed by atoms with Crippen molar-refractivity contribution in [2.75, 3.05) is 5.73 Å². The second kappa shape index (κ2) is 3.65. The topological polar surface area (TPSA) is 107 Å². The van der Waals surface area contributed by atoms with Crippen molar-refractivity contribution in [3.8, 4) is 0 Å². The molecule has 2 rings (SSSR count). The standard InChI is InChI=1S/C7H7N5O2S/c8-6-11-10-5(15-6)3-12-2-1-4(13)9-7(12)14/h1-2H,3H2,(H2,8,11)(H,9,13,14). The molecule has 2 heterocycles. The second-order valence-electron chi connectivity index (χ2n) is 2.77. The SMILES string of the molecule is Nc1nnc(Cn2ccc(=O)[nH]c2=O)s1. The maximum Gasteiger partial charge on any atom is 0.328 e. The van der Waals surface area contributed by atoms with Crippen molar-refractivity contribution in [2.24, 2.45) is 0 Å². The molecule has 0 aliphatic carbocycles. The van der Waals surface area contributed by atoms with Crippen LogP contribution in [-0.4, -0.2) is 19.7 Å². The summed E-state index contributed by atoms with van der Waals surface area (Å²) in [4.78, 5) is 24.2. The molecule has 2 aromatic rings. The Bertz CT molecular complexity index is 583. The first-order valence-electron chi connectivity index (χ1n) is 4.03. The number of anilines is 1. The van der Waals surface area contributed by atoms with Gasteiger partial charge >= 0.3 is 5.69 Å². The lowest BCUT2D eigenvalue weighted by molar-refractivity contribution is 0.709. The van der Waals surface area contributed by atoms with E-state index in [0.717, 1.165) is 0 Å². The summed E-state index contributed by atoms with van der Waals surface area (Å²) < 4.78 is 1.32. The number of nitrogens with zero attached hydrogens (tertiary/aromatic N) is 3. The minimum atomic E-state index is -0.476. The van der Waals surface area contributed by atoms with E-state index in [1.54, 1.807) is 0 Å². The third-order valence-electron chi connectivity index (χ3n) is 1.68. The minimum Gasteiger partial charge on any atom is -0.374 e. The molecule has 8 heteroatoms. The number of hydrogen-bond acceptors (Lipinski definition) is 6. The van der Waals surface area contributed by atoms with E-state index < -0.39 is 11.2 Å². The van der Waals surface area contributed by atoms with Crippen LogP contribution in [0.3, 0.4) is 0 Å². The zero-order chi connectivity index (χ0) is 10.8. The second-order valence-corrected chi connectivity index (χ2v) is 3.87. The lowest BCUT2D eigenvalue weighted by atomic mass is 10.6. The van der Waals surface area contributed by atoms with E-state index in [9.17, 15) is 9.59 Å². The van der Waals surface area contributed by atoms with Gasteiger partial charge in [0.05, 0.1) is 6.54 Å². The zero-order valence-corrected chi connectivity index (χ0v) is 8.32. The maximum absolute atomic E-state index is 11.3. The average molecular weight is 225 g/mol. The van der Waals surface area contributed by atoms with Crippen molar-refractivity contribution in [1.82, 2.24) is 19.7 Å². The molecule has 0 radical (unpaired) electrons. The summed E-state index contributed by atoms with van der Waals surface area (Å²) in [6.45, 7) is 0.254. The summed E-state index contributed by atoms with van der Waals surface area (Å²) in [6, 6.07) is 1.27. The van der Waals surface area contributed by atoms with Gasteiger partial charge in [-0.2, -0.15) is 0 Å². The smallest absolute Gasteiger partial charge is 0.328 e. The van der Waals surface area contributed by atoms with Crippen LogP contribution in [0.4, 0.5) is 5.13 Å². The highest BCUT2D eigenvalue weighted by Gasteiger charge is 2.03. The molecular weight excluding hydrogens is 218 g/mol. The van der Waals surface area contributed by atoms with Gasteiger partial charge in [-0.3, -0.25) is 14.3 Å². The zero-order valence-electron chi connectivity index (χ0n) is 7.51. The van der Waals surface area contributed by atoms with Crippen LogP contribution in [0.25, 0.3) is 0 Å². The minimum absolute atomic E-state index is 0.254. The average Bonchev–Trinajstić information content (AvgIpc) is 2.56. The molecule has 0 spiro atoms. The molecule has 0 saturated heterocycles. The molecule has 0 amide bonds. The van der Waals surface area contributed by atoms with Gasteiger partial charge in [0.15, 0.2) is 0 Å². The summed E-state index contributed by atoms with van der Waals surface area (Å²) in [5.41, 5.74) is 4.50. The first-order chi connectivity index (χ1) is 7.15. The Kier molecular flexibility index (Phi) is 2.34. The van der Waals surface area contributed by atoms with Gasteiger partial charge in [0.25, 0.3) is 5.56 Å². The molecule has 78 valence electrons. The van der Waals surface area contributed by atoms with Crippen LogP contribution in [0.15, 0.2) is 21.9 Å². The third kappa shape index (κ3) is 2.10. The Morgan fingerprint density at radius 2 is 2.27 bits per heavy atom. The van der Waals surface area contributed by atoms with Gasteiger partial charge in [-0.15, -0.1) is 10.2 Å². The Labute approximate surface area is 87.2 Å². The fraction of sp³-hybridized carbons (Fsp3) is 0.143. The van der Waals surface area contributed by atoms with Gasteiger partial charge in [-0.25, -0.2) is 4.79 Å². The van der Waals surface area contributed by atoms with Crippen molar-refractivity contribution < 1.29 is 0 Å². The number of hydrogen-bond donors (Lipinski definition) is 2. The number of nitrogens with two attached hydrogens (primary N) is 1. The van der Waals surface area contributed by atoms with Crippen LogP contribution in [0.2, 0.25) is 0 Å². The van der Waals surface area contributed by atoms with Crippen molar-refractivity contribution >= 4 is 16.5 Å². The molecule has 0 aliphatic heterocycles. The predicted molar refractivity (Wildman–Crippen MR) is 54.7 cm³/mol. The molecule has 3 N–H and O–H groups in total. The first-order valence-corrected chi connectivity index (χ1v) is 4.84. The molecule has 0 bridgehead atoms. The fourth-order valence-electron chi connectivity index (χ4n) is 1.04. The lowest BCUT2D eigenvalue weighted by Crippen LogP contribution is -2.28. The third-order valence-corrected chi connectivity index (χ3v) is 2.42. The van der Waals surface area contributed by atoms with Gasteiger partial charge in [0.1, 0.15) is 5.01 Å². The Morgan fingerprint density at radius 1 is 1.47 bits per heavy atom. The highest BCUT2D eigenvalue weighted by Crippen LogP contribution is 2.10. The molecule has 0 atom stereocenters. The quantitative estimate of drug-likeness (QED) is 0.683. The molecule has 0 aliphatic rings. The lowest BCUT2D eigenvalue weighted by Gasteiger charge is -1.99. The fourth-order valence-corrected chi connectivity index (χ4v) is 1.65. The summed E-state index contributed by atoms with van der Waals surface area (Å²) in [6.07, 6.45) is 1.40. The maximum atomic E-state index is 11.3. The highest BCUT2D eigenvalue weighted by molar-refractivity contribution is 7.15. The molecule has 7 nitrogen and oxygen atoms in total. The molecule has 0 aromatic carbocycles. The Balaban J connectivity index is 2.32. The van der Waals surface area contributed by atoms with E-state index in [0.29, 0.717) is 10.1 Å². The van der Waals surface area contributed by atoms with E-state index in [1.807, 2.05) is 0 Å². The van der Waals surface area contributed by atoms with Gasteiger partial charge < -0.3 is 5.73 Å². The number of nitrogen functional groups attached to an aromatic ring is 1. The molecule has 0 fully saturated rings. The number of aromatic amines is 1. The summed E-state index contributed by atoms with van der Waals surface area (Å²) >= 11 is 1.20.